The fourth-order valence-corrected chi connectivity index (χ4v) is 5.32. The second-order valence-electron chi connectivity index (χ2n) is 6.49. The first-order chi connectivity index (χ1) is 13.1. The van der Waals surface area contributed by atoms with Crippen LogP contribution in [0.15, 0.2) is 29.2 Å². The van der Waals surface area contributed by atoms with Gasteiger partial charge in [-0.05, 0) is 24.1 Å². The Morgan fingerprint density at radius 2 is 1.89 bits per heavy atom. The summed E-state index contributed by atoms with van der Waals surface area (Å²) in [6, 6.07) is 5.84. The van der Waals surface area contributed by atoms with Crippen molar-refractivity contribution >= 4 is 43.9 Å². The number of anilines is 1. The first kappa shape index (κ1) is 20.0. The van der Waals surface area contributed by atoms with Gasteiger partial charge >= 0.3 is 0 Å². The standard InChI is InChI=1S/C18H19N3O5S2/c1-10(22)21-8-7-11-13(9-21)27-18(15(11)16(19)23)20-17(24)12-5-3-4-6-14(12)28(2,25)26/h3-6H,7-9H2,1-2H3,(H2,19,23)(H,20,24). The number of nitrogens with zero attached hydrogens (tertiary/aromatic N) is 1. The fourth-order valence-electron chi connectivity index (χ4n) is 3.17. The predicted octanol–water partition coefficient (Wildman–Crippen LogP) is 1.41. The number of rotatable bonds is 4. The summed E-state index contributed by atoms with van der Waals surface area (Å²) in [5, 5.41) is 2.89. The molecule has 10 heteroatoms. The van der Waals surface area contributed by atoms with E-state index in [1.54, 1.807) is 11.0 Å². The Kier molecular flexibility index (Phi) is 5.26. The van der Waals surface area contributed by atoms with E-state index in [2.05, 4.69) is 5.32 Å². The zero-order valence-corrected chi connectivity index (χ0v) is 16.9. The molecule has 1 aromatic heterocycles. The van der Waals surface area contributed by atoms with Gasteiger partial charge in [-0.15, -0.1) is 11.3 Å². The van der Waals surface area contributed by atoms with Crippen molar-refractivity contribution in [1.82, 2.24) is 4.90 Å². The smallest absolute Gasteiger partial charge is 0.257 e. The third-order valence-corrected chi connectivity index (χ3v) is 6.79. The molecule has 0 atom stereocenters. The quantitative estimate of drug-likeness (QED) is 0.772. The van der Waals surface area contributed by atoms with Crippen molar-refractivity contribution in [2.24, 2.45) is 5.73 Å². The number of hydrogen-bond acceptors (Lipinski definition) is 6. The van der Waals surface area contributed by atoms with Crippen molar-refractivity contribution in [3.63, 3.8) is 0 Å². The van der Waals surface area contributed by atoms with E-state index in [1.807, 2.05) is 0 Å². The molecule has 3 amide bonds. The highest BCUT2D eigenvalue weighted by molar-refractivity contribution is 7.90. The number of primary amides is 1. The number of carbonyl (C=O) groups is 3. The number of nitrogens with two attached hydrogens (primary N) is 1. The molecule has 8 nitrogen and oxygen atoms in total. The SMILES string of the molecule is CC(=O)N1CCc2c(sc(NC(=O)c3ccccc3S(C)(=O)=O)c2C(N)=O)C1. The van der Waals surface area contributed by atoms with Crippen LogP contribution in [0.2, 0.25) is 0 Å². The van der Waals surface area contributed by atoms with E-state index in [1.165, 1.54) is 36.5 Å². The lowest BCUT2D eigenvalue weighted by molar-refractivity contribution is -0.129. The van der Waals surface area contributed by atoms with Crippen molar-refractivity contribution in [2.45, 2.75) is 24.8 Å². The summed E-state index contributed by atoms with van der Waals surface area (Å²) in [5.74, 6) is -1.40. The molecule has 3 rings (SSSR count). The topological polar surface area (TPSA) is 127 Å². The average Bonchev–Trinajstić information content (AvgIpc) is 2.97. The summed E-state index contributed by atoms with van der Waals surface area (Å²) >= 11 is 1.17. The molecule has 0 saturated carbocycles. The fraction of sp³-hybridized carbons (Fsp3) is 0.278. The summed E-state index contributed by atoms with van der Waals surface area (Å²) < 4.78 is 23.9. The number of benzene rings is 1. The molecule has 0 fully saturated rings. The molecule has 0 unspecified atom stereocenters. The highest BCUT2D eigenvalue weighted by Crippen LogP contribution is 2.37. The normalized spacial score (nSPS) is 13.7. The van der Waals surface area contributed by atoms with E-state index >= 15 is 0 Å². The number of hydrogen-bond donors (Lipinski definition) is 2. The van der Waals surface area contributed by atoms with E-state index < -0.39 is 21.7 Å². The zero-order valence-electron chi connectivity index (χ0n) is 15.3. The summed E-state index contributed by atoms with van der Waals surface area (Å²) in [6.07, 6.45) is 1.48. The molecule has 0 spiro atoms. The van der Waals surface area contributed by atoms with E-state index in [0.29, 0.717) is 19.5 Å². The molecule has 0 radical (unpaired) electrons. The molecule has 3 N–H and O–H groups in total. The third kappa shape index (κ3) is 3.78. The zero-order chi connectivity index (χ0) is 20.6. The highest BCUT2D eigenvalue weighted by atomic mass is 32.2. The third-order valence-electron chi connectivity index (χ3n) is 4.51. The van der Waals surface area contributed by atoms with Crippen LogP contribution in [0.25, 0.3) is 0 Å². The lowest BCUT2D eigenvalue weighted by atomic mass is 10.0. The minimum Gasteiger partial charge on any atom is -0.365 e. The van der Waals surface area contributed by atoms with Crippen molar-refractivity contribution in [2.75, 3.05) is 18.1 Å². The van der Waals surface area contributed by atoms with E-state index in [0.717, 1.165) is 16.7 Å². The molecule has 2 heterocycles. The maximum Gasteiger partial charge on any atom is 0.257 e. The number of nitrogens with one attached hydrogen (secondary N) is 1. The molecule has 0 bridgehead atoms. The van der Waals surface area contributed by atoms with E-state index in [-0.39, 0.29) is 26.9 Å². The Hall–Kier alpha value is -2.72. The van der Waals surface area contributed by atoms with Gasteiger partial charge in [0, 0.05) is 24.6 Å². The van der Waals surface area contributed by atoms with Gasteiger partial charge in [-0.2, -0.15) is 0 Å². The predicted molar refractivity (Wildman–Crippen MR) is 105 cm³/mol. The van der Waals surface area contributed by atoms with Crippen LogP contribution in [-0.4, -0.2) is 43.8 Å². The minimum absolute atomic E-state index is 0.0165. The van der Waals surface area contributed by atoms with Crippen LogP contribution in [0, 0.1) is 0 Å². The van der Waals surface area contributed by atoms with Gasteiger partial charge in [-0.25, -0.2) is 8.42 Å². The number of sulfone groups is 1. The Balaban J connectivity index is 1.99. The van der Waals surface area contributed by atoms with Crippen LogP contribution >= 0.6 is 11.3 Å². The van der Waals surface area contributed by atoms with Crippen LogP contribution in [0.3, 0.4) is 0 Å². The van der Waals surface area contributed by atoms with Gasteiger partial charge in [0.15, 0.2) is 9.84 Å². The lowest BCUT2D eigenvalue weighted by Crippen LogP contribution is -2.34. The number of fused-ring (bicyclic) bond motifs is 1. The molecule has 28 heavy (non-hydrogen) atoms. The molecule has 1 aromatic carbocycles. The van der Waals surface area contributed by atoms with Gasteiger partial charge in [-0.1, -0.05) is 12.1 Å². The monoisotopic (exact) mass is 421 g/mol. The van der Waals surface area contributed by atoms with Crippen molar-refractivity contribution < 1.29 is 22.8 Å². The average molecular weight is 422 g/mol. The van der Waals surface area contributed by atoms with Crippen LogP contribution in [0.4, 0.5) is 5.00 Å². The van der Waals surface area contributed by atoms with Gasteiger partial charge < -0.3 is 16.0 Å². The first-order valence-corrected chi connectivity index (χ1v) is 11.1. The van der Waals surface area contributed by atoms with Crippen molar-refractivity contribution in [3.05, 3.63) is 45.8 Å². The maximum absolute atomic E-state index is 12.8. The summed E-state index contributed by atoms with van der Waals surface area (Å²) in [5.41, 5.74) is 6.45. The van der Waals surface area contributed by atoms with Crippen LogP contribution < -0.4 is 11.1 Å². The Labute approximate surface area is 166 Å². The van der Waals surface area contributed by atoms with E-state index in [4.69, 9.17) is 5.73 Å². The van der Waals surface area contributed by atoms with Gasteiger partial charge in [-0.3, -0.25) is 14.4 Å². The summed E-state index contributed by atoms with van der Waals surface area (Å²) in [4.78, 5) is 38.7. The molecule has 148 valence electrons. The van der Waals surface area contributed by atoms with Crippen LogP contribution in [-0.2, 0) is 27.6 Å². The van der Waals surface area contributed by atoms with Gasteiger partial charge in [0.1, 0.15) is 5.00 Å². The molecule has 2 aromatic rings. The van der Waals surface area contributed by atoms with Crippen LogP contribution in [0.5, 0.6) is 0 Å². The number of carbonyl (C=O) groups excluding carboxylic acids is 3. The second kappa shape index (κ2) is 7.36. The largest absolute Gasteiger partial charge is 0.365 e. The van der Waals surface area contributed by atoms with Crippen molar-refractivity contribution in [3.8, 4) is 0 Å². The van der Waals surface area contributed by atoms with Gasteiger partial charge in [0.2, 0.25) is 5.91 Å². The summed E-state index contributed by atoms with van der Waals surface area (Å²) in [7, 11) is -3.61. The number of thiophene rings is 1. The minimum atomic E-state index is -3.61. The van der Waals surface area contributed by atoms with Crippen LogP contribution in [0.1, 0.15) is 38.1 Å². The second-order valence-corrected chi connectivity index (χ2v) is 9.57. The molecular weight excluding hydrogens is 402 g/mol. The first-order valence-electron chi connectivity index (χ1n) is 8.40. The molecular formula is C18H19N3O5S2. The Bertz CT molecular complexity index is 1090. The Morgan fingerprint density at radius 3 is 2.50 bits per heavy atom. The molecule has 0 aliphatic carbocycles. The number of amides is 3. The molecule has 0 saturated heterocycles. The maximum atomic E-state index is 12.8. The Morgan fingerprint density at radius 1 is 1.21 bits per heavy atom. The van der Waals surface area contributed by atoms with E-state index in [9.17, 15) is 22.8 Å². The highest BCUT2D eigenvalue weighted by Gasteiger charge is 2.29. The molecule has 1 aliphatic rings. The molecule has 1 aliphatic heterocycles. The van der Waals surface area contributed by atoms with Gasteiger partial charge in [0.25, 0.3) is 11.8 Å². The van der Waals surface area contributed by atoms with Crippen molar-refractivity contribution in [1.29, 1.82) is 0 Å². The lowest BCUT2D eigenvalue weighted by Gasteiger charge is -2.25. The summed E-state index contributed by atoms with van der Waals surface area (Å²) in [6.45, 7) is 2.27. The van der Waals surface area contributed by atoms with Gasteiger partial charge in [0.05, 0.1) is 22.6 Å².